The predicted molar refractivity (Wildman–Crippen MR) is 43.4 cm³/mol. The maximum atomic E-state index is 10.7. The molecule has 1 atom stereocenters. The molecule has 0 amide bonds. The van der Waals surface area contributed by atoms with E-state index in [0.717, 1.165) is 0 Å². The highest BCUT2D eigenvalue weighted by atomic mass is 17.0. The fourth-order valence-corrected chi connectivity index (χ4v) is 0.661. The summed E-state index contributed by atoms with van der Waals surface area (Å²) in [5.41, 5.74) is 5.09. The molecule has 11 nitrogen and oxygen atoms in total. The number of carbonyl (C=O) groups excluding carboxylic acids is 2. The van der Waals surface area contributed by atoms with Crippen molar-refractivity contribution in [1.29, 1.82) is 0 Å². The third kappa shape index (κ3) is 6.20. The van der Waals surface area contributed by atoms with Crippen LogP contribution in [-0.2, 0) is 19.3 Å². The van der Waals surface area contributed by atoms with Gasteiger partial charge in [0.1, 0.15) is 0 Å². The number of nitrogens with two attached hydrogens (primary N) is 1. The molecule has 0 unspecified atom stereocenters. The number of rotatable bonds is 6. The van der Waals surface area contributed by atoms with Crippen LogP contribution in [0.1, 0.15) is 12.8 Å². The number of nitrogens with zero attached hydrogens (tertiary/aromatic N) is 2. The number of carbonyl (C=O) groups is 2. The molecule has 0 aliphatic rings. The first-order chi connectivity index (χ1) is 7.32. The molecule has 0 aromatic heterocycles. The molecule has 0 bridgehead atoms. The van der Waals surface area contributed by atoms with Gasteiger partial charge in [0.15, 0.2) is 0 Å². The fourth-order valence-electron chi connectivity index (χ4n) is 0.661. The van der Waals surface area contributed by atoms with E-state index in [1.165, 1.54) is 0 Å². The van der Waals surface area contributed by atoms with Crippen LogP contribution in [0.3, 0.4) is 0 Å². The minimum absolute atomic E-state index is 0.362. The van der Waals surface area contributed by atoms with Crippen molar-refractivity contribution < 1.29 is 29.4 Å². The molecule has 0 fully saturated rings. The highest BCUT2D eigenvalue weighted by Gasteiger charge is 2.19. The van der Waals surface area contributed by atoms with Crippen LogP contribution in [0.15, 0.2) is 0 Å². The van der Waals surface area contributed by atoms with E-state index in [2.05, 4.69) is 9.68 Å². The van der Waals surface area contributed by atoms with Crippen molar-refractivity contribution in [3.05, 3.63) is 20.2 Å². The molecule has 0 radical (unpaired) electrons. The molecule has 0 heterocycles. The van der Waals surface area contributed by atoms with E-state index in [9.17, 15) is 29.8 Å². The van der Waals surface area contributed by atoms with Crippen molar-refractivity contribution in [1.82, 2.24) is 0 Å². The Labute approximate surface area is 87.3 Å². The lowest BCUT2D eigenvalue weighted by atomic mass is 10.2. The molecule has 0 saturated carbocycles. The normalized spacial score (nSPS) is 11.3. The standard InChI is InChI=1S/C5H7N3O8/c6-3(5(10)16-8(13)14)1-2-4(9)15-7(11)12/h3H,1-2,6H2/t3-/m0/s1. The van der Waals surface area contributed by atoms with Gasteiger partial charge in [-0.3, -0.25) is 9.59 Å². The molecule has 11 heteroatoms. The number of hydrogen-bond acceptors (Lipinski definition) is 9. The van der Waals surface area contributed by atoms with E-state index in [4.69, 9.17) is 5.73 Å². The zero-order chi connectivity index (χ0) is 12.7. The summed E-state index contributed by atoms with van der Waals surface area (Å²) >= 11 is 0. The summed E-state index contributed by atoms with van der Waals surface area (Å²) in [5.74, 6) is -2.56. The Kier molecular flexibility index (Phi) is 5.34. The molecule has 0 aromatic rings. The highest BCUT2D eigenvalue weighted by molar-refractivity contribution is 5.76. The minimum atomic E-state index is -1.43. The van der Waals surface area contributed by atoms with Crippen LogP contribution in [-0.4, -0.2) is 28.2 Å². The van der Waals surface area contributed by atoms with Gasteiger partial charge in [0.25, 0.3) is 0 Å². The van der Waals surface area contributed by atoms with Gasteiger partial charge in [-0.15, -0.1) is 20.2 Å². The Morgan fingerprint density at radius 3 is 2.12 bits per heavy atom. The lowest BCUT2D eigenvalue weighted by Gasteiger charge is -2.06. The molecule has 2 N–H and O–H groups in total. The van der Waals surface area contributed by atoms with Gasteiger partial charge in [-0.25, -0.2) is 9.68 Å². The Morgan fingerprint density at radius 1 is 1.19 bits per heavy atom. The largest absolute Gasteiger partial charge is 0.320 e. The zero-order valence-corrected chi connectivity index (χ0v) is 7.73. The van der Waals surface area contributed by atoms with Crippen LogP contribution in [0.5, 0.6) is 0 Å². The molecular weight excluding hydrogens is 230 g/mol. The summed E-state index contributed by atoms with van der Waals surface area (Å²) in [6.45, 7) is 0. The Balaban J connectivity index is 3.92. The SMILES string of the molecule is N[C@@H](CCC(=O)O[N+](=O)[O-])C(=O)O[N+](=O)[O-]. The van der Waals surface area contributed by atoms with Crippen molar-refractivity contribution in [3.63, 3.8) is 0 Å². The van der Waals surface area contributed by atoms with Gasteiger partial charge in [0.2, 0.25) is 0 Å². The predicted octanol–water partition coefficient (Wildman–Crippen LogP) is -1.44. The molecule has 0 aliphatic heterocycles. The van der Waals surface area contributed by atoms with Crippen LogP contribution >= 0.6 is 0 Å². The monoisotopic (exact) mass is 237 g/mol. The summed E-state index contributed by atoms with van der Waals surface area (Å²) in [7, 11) is 0. The van der Waals surface area contributed by atoms with Crippen molar-refractivity contribution in [2.45, 2.75) is 18.9 Å². The molecule has 0 rings (SSSR count). The zero-order valence-electron chi connectivity index (χ0n) is 7.73. The summed E-state index contributed by atoms with van der Waals surface area (Å²) in [5, 5.41) is 16.7. The van der Waals surface area contributed by atoms with Gasteiger partial charge in [-0.2, -0.15) is 0 Å². The Hall–Kier alpha value is -2.30. The van der Waals surface area contributed by atoms with Crippen LogP contribution in [0.4, 0.5) is 0 Å². The van der Waals surface area contributed by atoms with E-state index < -0.39 is 34.6 Å². The molecule has 0 saturated heterocycles. The van der Waals surface area contributed by atoms with E-state index in [-0.39, 0.29) is 6.42 Å². The molecule has 0 aromatic carbocycles. The van der Waals surface area contributed by atoms with Gasteiger partial charge < -0.3 is 5.73 Å². The number of hydrogen-bond donors (Lipinski definition) is 1. The quantitative estimate of drug-likeness (QED) is 0.430. The van der Waals surface area contributed by atoms with Gasteiger partial charge in [0.05, 0.1) is 6.04 Å². The second kappa shape index (κ2) is 6.23. The third-order valence-corrected chi connectivity index (χ3v) is 1.30. The van der Waals surface area contributed by atoms with Crippen LogP contribution in [0.2, 0.25) is 0 Å². The van der Waals surface area contributed by atoms with Crippen LogP contribution in [0.25, 0.3) is 0 Å². The average Bonchev–Trinajstić information content (AvgIpc) is 2.11. The second-order valence-corrected chi connectivity index (χ2v) is 2.47. The first-order valence-electron chi connectivity index (χ1n) is 3.80. The average molecular weight is 237 g/mol. The maximum absolute atomic E-state index is 10.7. The fraction of sp³-hybridized carbons (Fsp3) is 0.600. The third-order valence-electron chi connectivity index (χ3n) is 1.30. The second-order valence-electron chi connectivity index (χ2n) is 2.47. The lowest BCUT2D eigenvalue weighted by Crippen LogP contribution is -2.34. The Bertz CT molecular complexity index is 315. The van der Waals surface area contributed by atoms with Crippen molar-refractivity contribution >= 4 is 11.9 Å². The van der Waals surface area contributed by atoms with Gasteiger partial charge >= 0.3 is 22.1 Å². The molecule has 16 heavy (non-hydrogen) atoms. The molecule has 0 aliphatic carbocycles. The smallest absolute Gasteiger partial charge is 0.320 e. The van der Waals surface area contributed by atoms with E-state index in [1.54, 1.807) is 0 Å². The van der Waals surface area contributed by atoms with E-state index in [1.807, 2.05) is 0 Å². The van der Waals surface area contributed by atoms with Gasteiger partial charge in [-0.1, -0.05) is 0 Å². The molecule has 0 spiro atoms. The van der Waals surface area contributed by atoms with Crippen molar-refractivity contribution in [2.75, 3.05) is 0 Å². The first kappa shape index (κ1) is 13.7. The molecule has 90 valence electrons. The van der Waals surface area contributed by atoms with E-state index >= 15 is 0 Å². The van der Waals surface area contributed by atoms with Gasteiger partial charge in [-0.05, 0) is 6.42 Å². The summed E-state index contributed by atoms with van der Waals surface area (Å²) in [6, 6.07) is -1.43. The summed E-state index contributed by atoms with van der Waals surface area (Å²) in [6.07, 6.45) is -0.895. The molecular formula is C5H7N3O8. The minimum Gasteiger partial charge on any atom is -0.320 e. The van der Waals surface area contributed by atoms with Crippen molar-refractivity contribution in [2.24, 2.45) is 5.73 Å². The lowest BCUT2D eigenvalue weighted by molar-refractivity contribution is -0.730. The van der Waals surface area contributed by atoms with E-state index in [0.29, 0.717) is 0 Å². The summed E-state index contributed by atoms with van der Waals surface area (Å²) < 4.78 is 0. The highest BCUT2D eigenvalue weighted by Crippen LogP contribution is 1.99. The van der Waals surface area contributed by atoms with Crippen LogP contribution in [0, 0.1) is 20.2 Å². The Morgan fingerprint density at radius 2 is 1.69 bits per heavy atom. The maximum Gasteiger partial charge on any atom is 0.320 e. The first-order valence-corrected chi connectivity index (χ1v) is 3.80. The van der Waals surface area contributed by atoms with Crippen LogP contribution < -0.4 is 5.73 Å². The summed E-state index contributed by atoms with van der Waals surface area (Å²) in [4.78, 5) is 47.7. The van der Waals surface area contributed by atoms with Crippen molar-refractivity contribution in [3.8, 4) is 0 Å². The topological polar surface area (TPSA) is 165 Å². The van der Waals surface area contributed by atoms with Gasteiger partial charge in [0, 0.05) is 6.42 Å².